The number of phenolic OH excluding ortho intramolecular Hbond substituents is 1. The van der Waals surface area contributed by atoms with Crippen LogP contribution in [-0.4, -0.2) is 38.4 Å². The van der Waals surface area contributed by atoms with Gasteiger partial charge in [-0.15, -0.1) is 0 Å². The molecule has 0 bridgehead atoms. The number of aliphatic hydroxyl groups excluding tert-OH is 1. The normalized spacial score (nSPS) is 17.4. The molecular weight excluding hydrogens is 420 g/mol. The van der Waals surface area contributed by atoms with Crippen LogP contribution in [0.2, 0.25) is 0 Å². The highest BCUT2D eigenvalue weighted by molar-refractivity contribution is 6.46. The topological polar surface area (TPSA) is 100.0 Å². The first-order chi connectivity index (χ1) is 16.0. The molecule has 0 saturated carbocycles. The standard InChI is InChI=1S/C26H24N2O5/c1-2-14-33-21-5-3-4-19(15-21)24(30)22-23(18-6-8-20(29)9-7-18)28(26(32)25(22)31)16-17-10-12-27-13-11-17/h3-13,15,23,29-30H,2,14,16H2,1H3/b24-22+. The van der Waals surface area contributed by atoms with Crippen molar-refractivity contribution in [3.63, 3.8) is 0 Å². The van der Waals surface area contributed by atoms with Gasteiger partial charge in [0, 0.05) is 24.5 Å². The van der Waals surface area contributed by atoms with E-state index >= 15 is 0 Å². The van der Waals surface area contributed by atoms with Crippen LogP contribution in [0.4, 0.5) is 0 Å². The van der Waals surface area contributed by atoms with Gasteiger partial charge in [0.05, 0.1) is 18.2 Å². The van der Waals surface area contributed by atoms with Crippen molar-refractivity contribution in [2.75, 3.05) is 6.61 Å². The third-order valence-electron chi connectivity index (χ3n) is 5.43. The highest BCUT2D eigenvalue weighted by Gasteiger charge is 2.46. The van der Waals surface area contributed by atoms with Crippen LogP contribution in [0.25, 0.3) is 5.76 Å². The lowest BCUT2D eigenvalue weighted by Gasteiger charge is -2.25. The van der Waals surface area contributed by atoms with Crippen molar-refractivity contribution < 1.29 is 24.5 Å². The lowest BCUT2D eigenvalue weighted by atomic mass is 9.95. The summed E-state index contributed by atoms with van der Waals surface area (Å²) in [6.07, 6.45) is 4.06. The van der Waals surface area contributed by atoms with Crippen LogP contribution >= 0.6 is 0 Å². The molecule has 2 heterocycles. The quantitative estimate of drug-likeness (QED) is 0.322. The summed E-state index contributed by atoms with van der Waals surface area (Å²) in [5, 5.41) is 20.9. The van der Waals surface area contributed by atoms with Gasteiger partial charge in [0.25, 0.3) is 11.7 Å². The number of carbonyl (C=O) groups is 2. The Morgan fingerprint density at radius 1 is 1.06 bits per heavy atom. The van der Waals surface area contributed by atoms with Crippen LogP contribution in [0.15, 0.2) is 78.6 Å². The summed E-state index contributed by atoms with van der Waals surface area (Å²) in [5.41, 5.74) is 1.77. The highest BCUT2D eigenvalue weighted by Crippen LogP contribution is 2.40. The molecule has 4 rings (SSSR count). The van der Waals surface area contributed by atoms with E-state index in [0.717, 1.165) is 12.0 Å². The third-order valence-corrected chi connectivity index (χ3v) is 5.43. The molecule has 1 amide bonds. The molecule has 0 radical (unpaired) electrons. The van der Waals surface area contributed by atoms with E-state index in [-0.39, 0.29) is 23.6 Å². The summed E-state index contributed by atoms with van der Waals surface area (Å²) in [7, 11) is 0. The van der Waals surface area contributed by atoms with Gasteiger partial charge in [0.15, 0.2) is 0 Å². The first kappa shape index (κ1) is 22.1. The molecular formula is C26H24N2O5. The first-order valence-electron chi connectivity index (χ1n) is 10.7. The Labute approximate surface area is 191 Å². The van der Waals surface area contributed by atoms with E-state index in [1.165, 1.54) is 17.0 Å². The lowest BCUT2D eigenvalue weighted by molar-refractivity contribution is -0.140. The average molecular weight is 444 g/mol. The molecule has 7 heteroatoms. The minimum atomic E-state index is -0.820. The van der Waals surface area contributed by atoms with E-state index in [9.17, 15) is 19.8 Å². The predicted molar refractivity (Wildman–Crippen MR) is 122 cm³/mol. The van der Waals surface area contributed by atoms with Gasteiger partial charge in [-0.3, -0.25) is 14.6 Å². The number of aromatic nitrogens is 1. The molecule has 3 aromatic rings. The Morgan fingerprint density at radius 2 is 1.79 bits per heavy atom. The lowest BCUT2D eigenvalue weighted by Crippen LogP contribution is -2.29. The van der Waals surface area contributed by atoms with Gasteiger partial charge in [-0.2, -0.15) is 0 Å². The number of phenols is 1. The van der Waals surface area contributed by atoms with Crippen LogP contribution in [0.1, 0.15) is 36.1 Å². The second kappa shape index (κ2) is 9.56. The van der Waals surface area contributed by atoms with E-state index in [2.05, 4.69) is 4.98 Å². The fourth-order valence-corrected chi connectivity index (χ4v) is 3.84. The molecule has 2 N–H and O–H groups in total. The summed E-state index contributed by atoms with van der Waals surface area (Å²) >= 11 is 0. The van der Waals surface area contributed by atoms with E-state index in [1.807, 2.05) is 6.92 Å². The minimum Gasteiger partial charge on any atom is -0.508 e. The van der Waals surface area contributed by atoms with E-state index in [1.54, 1.807) is 60.9 Å². The van der Waals surface area contributed by atoms with Crippen molar-refractivity contribution in [2.45, 2.75) is 25.9 Å². The van der Waals surface area contributed by atoms with Crippen molar-refractivity contribution in [2.24, 2.45) is 0 Å². The van der Waals surface area contributed by atoms with Gasteiger partial charge in [-0.25, -0.2) is 0 Å². The number of nitrogens with zero attached hydrogens (tertiary/aromatic N) is 2. The van der Waals surface area contributed by atoms with Crippen LogP contribution in [0.5, 0.6) is 11.5 Å². The summed E-state index contributed by atoms with van der Waals surface area (Å²) in [6.45, 7) is 2.68. The zero-order valence-electron chi connectivity index (χ0n) is 18.1. The number of pyridine rings is 1. The monoisotopic (exact) mass is 444 g/mol. The van der Waals surface area contributed by atoms with Crippen LogP contribution in [-0.2, 0) is 16.1 Å². The molecule has 1 aliphatic heterocycles. The smallest absolute Gasteiger partial charge is 0.295 e. The molecule has 0 aliphatic carbocycles. The van der Waals surface area contributed by atoms with Gasteiger partial charge < -0.3 is 19.8 Å². The number of carbonyl (C=O) groups excluding carboxylic acids is 2. The first-order valence-corrected chi connectivity index (χ1v) is 10.7. The second-order valence-electron chi connectivity index (χ2n) is 7.75. The number of ketones is 1. The van der Waals surface area contributed by atoms with Gasteiger partial charge >= 0.3 is 0 Å². The number of likely N-dealkylation sites (tertiary alicyclic amines) is 1. The molecule has 1 fully saturated rings. The molecule has 1 saturated heterocycles. The number of rotatable bonds is 7. The fourth-order valence-electron chi connectivity index (χ4n) is 3.84. The number of aromatic hydroxyl groups is 1. The van der Waals surface area contributed by atoms with Crippen molar-refractivity contribution in [1.29, 1.82) is 0 Å². The number of Topliss-reactive ketones (excluding diaryl/α,β-unsaturated/α-hetero) is 1. The number of hydrogen-bond donors (Lipinski definition) is 2. The summed E-state index contributed by atoms with van der Waals surface area (Å²) in [4.78, 5) is 31.6. The number of benzene rings is 2. The molecule has 33 heavy (non-hydrogen) atoms. The van der Waals surface area contributed by atoms with Gasteiger partial charge in [-0.05, 0) is 53.9 Å². The largest absolute Gasteiger partial charge is 0.508 e. The number of amides is 1. The van der Waals surface area contributed by atoms with Crippen LogP contribution < -0.4 is 4.74 Å². The van der Waals surface area contributed by atoms with E-state index in [0.29, 0.717) is 23.5 Å². The second-order valence-corrected chi connectivity index (χ2v) is 7.75. The SMILES string of the molecule is CCCOc1cccc(/C(O)=C2\C(=O)C(=O)N(Cc3ccncc3)C2c2ccc(O)cc2)c1. The molecule has 7 nitrogen and oxygen atoms in total. The number of aliphatic hydroxyl groups is 1. The van der Waals surface area contributed by atoms with E-state index < -0.39 is 17.7 Å². The maximum atomic E-state index is 13.1. The predicted octanol–water partition coefficient (Wildman–Crippen LogP) is 4.20. The van der Waals surface area contributed by atoms with Gasteiger partial charge in [-0.1, -0.05) is 31.2 Å². The maximum Gasteiger partial charge on any atom is 0.295 e. The van der Waals surface area contributed by atoms with Crippen molar-refractivity contribution >= 4 is 17.4 Å². The molecule has 1 aromatic heterocycles. The minimum absolute atomic E-state index is 0.00705. The summed E-state index contributed by atoms with van der Waals surface area (Å²) < 4.78 is 5.65. The Kier molecular flexibility index (Phi) is 6.40. The number of ether oxygens (including phenoxy) is 1. The third kappa shape index (κ3) is 4.57. The van der Waals surface area contributed by atoms with Crippen LogP contribution in [0, 0.1) is 0 Å². The maximum absolute atomic E-state index is 13.1. The zero-order valence-corrected chi connectivity index (χ0v) is 18.1. The Morgan fingerprint density at radius 3 is 2.48 bits per heavy atom. The Balaban J connectivity index is 1.81. The van der Waals surface area contributed by atoms with Crippen LogP contribution in [0.3, 0.4) is 0 Å². The van der Waals surface area contributed by atoms with Crippen molar-refractivity contribution in [3.05, 3.63) is 95.3 Å². The van der Waals surface area contributed by atoms with Gasteiger partial charge in [0.2, 0.25) is 0 Å². The highest BCUT2D eigenvalue weighted by atomic mass is 16.5. The van der Waals surface area contributed by atoms with Crippen molar-refractivity contribution in [3.8, 4) is 11.5 Å². The molecule has 1 aliphatic rings. The van der Waals surface area contributed by atoms with Gasteiger partial charge in [0.1, 0.15) is 17.3 Å². The Hall–Kier alpha value is -4.13. The average Bonchev–Trinajstić information content (AvgIpc) is 3.08. The molecule has 1 unspecified atom stereocenters. The summed E-state index contributed by atoms with van der Waals surface area (Å²) in [6, 6.07) is 15.8. The van der Waals surface area contributed by atoms with Crippen molar-refractivity contribution in [1.82, 2.24) is 9.88 Å². The zero-order chi connectivity index (χ0) is 23.4. The molecule has 1 atom stereocenters. The van der Waals surface area contributed by atoms with E-state index in [4.69, 9.17) is 4.74 Å². The molecule has 2 aromatic carbocycles. The molecule has 168 valence electrons. The Bertz CT molecular complexity index is 1190. The summed E-state index contributed by atoms with van der Waals surface area (Å²) in [5.74, 6) is -1.12. The molecule has 0 spiro atoms. The number of hydrogen-bond acceptors (Lipinski definition) is 6. The fraction of sp³-hybridized carbons (Fsp3) is 0.192.